The Kier molecular flexibility index (Phi) is 3.70. The third kappa shape index (κ3) is 2.54. The Morgan fingerprint density at radius 3 is 2.90 bits per heavy atom. The highest BCUT2D eigenvalue weighted by molar-refractivity contribution is 7.15. The van der Waals surface area contributed by atoms with Crippen LogP contribution < -0.4 is 14.8 Å². The number of ether oxygens (including phenoxy) is 2. The second kappa shape index (κ2) is 5.65. The van der Waals surface area contributed by atoms with E-state index in [4.69, 9.17) is 9.47 Å². The molecule has 0 atom stereocenters. The van der Waals surface area contributed by atoms with E-state index >= 15 is 0 Å². The van der Waals surface area contributed by atoms with Gasteiger partial charge in [0.25, 0.3) is 0 Å². The molecule has 110 valence electrons. The summed E-state index contributed by atoms with van der Waals surface area (Å²) < 4.78 is 12.8. The second-order valence-corrected chi connectivity index (χ2v) is 5.49. The monoisotopic (exact) mass is 303 g/mol. The molecule has 0 aliphatic heterocycles. The van der Waals surface area contributed by atoms with Gasteiger partial charge in [0.15, 0.2) is 4.96 Å². The number of rotatable bonds is 5. The second-order valence-electron chi connectivity index (χ2n) is 4.62. The first-order valence-corrected chi connectivity index (χ1v) is 7.48. The van der Waals surface area contributed by atoms with Crippen LogP contribution in [0.3, 0.4) is 0 Å². The summed E-state index contributed by atoms with van der Waals surface area (Å²) in [6.45, 7) is 2.70. The van der Waals surface area contributed by atoms with Crippen LogP contribution in [-0.2, 0) is 6.54 Å². The van der Waals surface area contributed by atoms with Crippen LogP contribution in [-0.4, -0.2) is 23.6 Å². The largest absolute Gasteiger partial charge is 0.497 e. The van der Waals surface area contributed by atoms with E-state index in [0.717, 1.165) is 33.5 Å². The predicted molar refractivity (Wildman–Crippen MR) is 84.7 cm³/mol. The molecule has 0 bridgehead atoms. The zero-order valence-corrected chi connectivity index (χ0v) is 13.0. The van der Waals surface area contributed by atoms with Gasteiger partial charge >= 0.3 is 0 Å². The highest BCUT2D eigenvalue weighted by Gasteiger charge is 2.11. The number of hydrogen-bond acceptors (Lipinski definition) is 5. The lowest BCUT2D eigenvalue weighted by Crippen LogP contribution is -2.05. The number of hydrogen-bond donors (Lipinski definition) is 1. The van der Waals surface area contributed by atoms with Gasteiger partial charge in [-0.15, -0.1) is 11.3 Å². The quantitative estimate of drug-likeness (QED) is 0.785. The molecule has 3 aromatic rings. The number of nitrogens with one attached hydrogen (secondary N) is 1. The molecular weight excluding hydrogens is 286 g/mol. The molecule has 1 aromatic carbocycles. The van der Waals surface area contributed by atoms with Crippen LogP contribution in [0.15, 0.2) is 29.8 Å². The fraction of sp³-hybridized carbons (Fsp3) is 0.267. The maximum Gasteiger partial charge on any atom is 0.194 e. The molecule has 0 saturated heterocycles. The molecule has 2 aromatic heterocycles. The van der Waals surface area contributed by atoms with Gasteiger partial charge in [0, 0.05) is 17.6 Å². The molecule has 6 heteroatoms. The van der Waals surface area contributed by atoms with Crippen molar-refractivity contribution < 1.29 is 9.47 Å². The van der Waals surface area contributed by atoms with Crippen molar-refractivity contribution in [1.29, 1.82) is 0 Å². The first-order valence-electron chi connectivity index (χ1n) is 6.60. The van der Waals surface area contributed by atoms with Crippen LogP contribution in [0.1, 0.15) is 11.4 Å². The van der Waals surface area contributed by atoms with E-state index in [2.05, 4.69) is 14.7 Å². The maximum atomic E-state index is 5.38. The van der Waals surface area contributed by atoms with E-state index in [1.807, 2.05) is 36.7 Å². The minimum absolute atomic E-state index is 0.674. The average molecular weight is 303 g/mol. The van der Waals surface area contributed by atoms with Crippen LogP contribution in [0, 0.1) is 6.92 Å². The number of benzene rings is 1. The molecule has 5 nitrogen and oxygen atoms in total. The molecule has 2 heterocycles. The van der Waals surface area contributed by atoms with Crippen molar-refractivity contribution in [3.05, 3.63) is 41.2 Å². The minimum atomic E-state index is 0.674. The van der Waals surface area contributed by atoms with E-state index < -0.39 is 0 Å². The SMILES string of the molecule is COc1ccc(OC)c(NCc2c(C)nc3sccn23)c1. The minimum Gasteiger partial charge on any atom is -0.497 e. The summed E-state index contributed by atoms with van der Waals surface area (Å²) in [6.07, 6.45) is 2.04. The lowest BCUT2D eigenvalue weighted by Gasteiger charge is -2.12. The Morgan fingerprint density at radius 2 is 2.14 bits per heavy atom. The summed E-state index contributed by atoms with van der Waals surface area (Å²) >= 11 is 1.64. The molecule has 3 rings (SSSR count). The normalized spacial score (nSPS) is 10.8. The highest BCUT2D eigenvalue weighted by Crippen LogP contribution is 2.29. The van der Waals surface area contributed by atoms with Crippen LogP contribution in [0.4, 0.5) is 5.69 Å². The van der Waals surface area contributed by atoms with Crippen LogP contribution in [0.2, 0.25) is 0 Å². The first-order chi connectivity index (χ1) is 10.2. The predicted octanol–water partition coefficient (Wildman–Crippen LogP) is 3.33. The number of imidazole rings is 1. The number of methoxy groups -OCH3 is 2. The van der Waals surface area contributed by atoms with Gasteiger partial charge in [-0.05, 0) is 19.1 Å². The summed E-state index contributed by atoms with van der Waals surface area (Å²) in [6, 6.07) is 5.70. The average Bonchev–Trinajstić information content (AvgIpc) is 3.05. The van der Waals surface area contributed by atoms with Crippen molar-refractivity contribution >= 4 is 22.0 Å². The van der Waals surface area contributed by atoms with Gasteiger partial charge in [-0.3, -0.25) is 4.40 Å². The summed E-state index contributed by atoms with van der Waals surface area (Å²) in [5, 5.41) is 5.44. The Morgan fingerprint density at radius 1 is 1.29 bits per heavy atom. The van der Waals surface area contributed by atoms with E-state index in [1.165, 1.54) is 0 Å². The number of thiazole rings is 1. The first kappa shape index (κ1) is 13.8. The molecule has 0 fully saturated rings. The molecule has 0 saturated carbocycles. The number of fused-ring (bicyclic) bond motifs is 1. The summed E-state index contributed by atoms with van der Waals surface area (Å²) in [7, 11) is 3.32. The Bertz CT molecular complexity index is 763. The Balaban J connectivity index is 1.87. The molecule has 0 spiro atoms. The van der Waals surface area contributed by atoms with Crippen LogP contribution in [0.5, 0.6) is 11.5 Å². The lowest BCUT2D eigenvalue weighted by molar-refractivity contribution is 0.404. The number of anilines is 1. The van der Waals surface area contributed by atoms with E-state index in [0.29, 0.717) is 6.54 Å². The van der Waals surface area contributed by atoms with Gasteiger partial charge in [-0.1, -0.05) is 0 Å². The molecule has 1 N–H and O–H groups in total. The van der Waals surface area contributed by atoms with Crippen LogP contribution in [0.25, 0.3) is 4.96 Å². The fourth-order valence-electron chi connectivity index (χ4n) is 2.28. The molecule has 0 unspecified atom stereocenters. The van der Waals surface area contributed by atoms with Crippen molar-refractivity contribution in [2.75, 3.05) is 19.5 Å². The van der Waals surface area contributed by atoms with Crippen molar-refractivity contribution in [1.82, 2.24) is 9.38 Å². The van der Waals surface area contributed by atoms with E-state index in [1.54, 1.807) is 25.6 Å². The third-order valence-corrected chi connectivity index (χ3v) is 4.17. The van der Waals surface area contributed by atoms with E-state index in [9.17, 15) is 0 Å². The lowest BCUT2D eigenvalue weighted by atomic mass is 10.2. The molecule has 0 radical (unpaired) electrons. The van der Waals surface area contributed by atoms with Gasteiger partial charge in [0.2, 0.25) is 0 Å². The van der Waals surface area contributed by atoms with Gasteiger partial charge < -0.3 is 14.8 Å². The van der Waals surface area contributed by atoms with Crippen molar-refractivity contribution in [2.45, 2.75) is 13.5 Å². The molecular formula is C15H17N3O2S. The molecule has 0 amide bonds. The number of aryl methyl sites for hydroxylation is 1. The summed E-state index contributed by atoms with van der Waals surface area (Å²) in [5.74, 6) is 1.59. The zero-order valence-electron chi connectivity index (χ0n) is 12.2. The van der Waals surface area contributed by atoms with Gasteiger partial charge in [-0.2, -0.15) is 0 Å². The molecule has 21 heavy (non-hydrogen) atoms. The van der Waals surface area contributed by atoms with Gasteiger partial charge in [0.05, 0.1) is 37.8 Å². The molecule has 0 aliphatic rings. The van der Waals surface area contributed by atoms with Crippen LogP contribution >= 0.6 is 11.3 Å². The van der Waals surface area contributed by atoms with Crippen molar-refractivity contribution in [3.63, 3.8) is 0 Å². The zero-order chi connectivity index (χ0) is 14.8. The third-order valence-electron chi connectivity index (χ3n) is 3.41. The topological polar surface area (TPSA) is 47.8 Å². The number of nitrogens with zero attached hydrogens (tertiary/aromatic N) is 2. The van der Waals surface area contributed by atoms with Gasteiger partial charge in [-0.25, -0.2) is 4.98 Å². The summed E-state index contributed by atoms with van der Waals surface area (Å²) in [5.41, 5.74) is 3.09. The van der Waals surface area contributed by atoms with Crippen molar-refractivity contribution in [2.24, 2.45) is 0 Å². The Labute approximate surface area is 127 Å². The smallest absolute Gasteiger partial charge is 0.194 e. The Hall–Kier alpha value is -2.21. The standard InChI is InChI=1S/C15H17N3O2S/c1-10-13(18-6-7-21-15(18)17-10)9-16-12-8-11(19-2)4-5-14(12)20-3/h4-8,16H,9H2,1-3H3. The molecule has 0 aliphatic carbocycles. The maximum absolute atomic E-state index is 5.38. The van der Waals surface area contributed by atoms with Crippen molar-refractivity contribution in [3.8, 4) is 11.5 Å². The van der Waals surface area contributed by atoms with Gasteiger partial charge in [0.1, 0.15) is 11.5 Å². The number of aromatic nitrogens is 2. The summed E-state index contributed by atoms with van der Waals surface area (Å²) in [4.78, 5) is 5.56. The highest BCUT2D eigenvalue weighted by atomic mass is 32.1. The van der Waals surface area contributed by atoms with E-state index in [-0.39, 0.29) is 0 Å². The fourth-order valence-corrected chi connectivity index (χ4v) is 3.06.